The van der Waals surface area contributed by atoms with Gasteiger partial charge in [-0.25, -0.2) is 4.98 Å². The Labute approximate surface area is 195 Å². The number of fused-ring (bicyclic) bond motifs is 1. The third-order valence-electron chi connectivity index (χ3n) is 5.31. The molecule has 2 aromatic carbocycles. The summed E-state index contributed by atoms with van der Waals surface area (Å²) in [5, 5.41) is 3.42. The minimum Gasteiger partial charge on any atom is -0.493 e. The number of ether oxygens (including phenoxy) is 3. The number of primary amides is 1. The summed E-state index contributed by atoms with van der Waals surface area (Å²) in [6, 6.07) is 7.37. The van der Waals surface area contributed by atoms with E-state index in [0.717, 1.165) is 28.7 Å². The number of amides is 1. The zero-order chi connectivity index (χ0) is 24.3. The molecular formula is C25H34N4O4. The Hall–Kier alpha value is -3.42. The molecule has 8 heteroatoms. The SMILES string of the molecule is COc1cc(Nc2nc3c(CC(C)C)cc(C(N)=O)cc3n2CC(C)C)cc(OC)c1OC. The van der Waals surface area contributed by atoms with Gasteiger partial charge in [-0.3, -0.25) is 4.79 Å². The first-order valence-corrected chi connectivity index (χ1v) is 11.1. The quantitative estimate of drug-likeness (QED) is 0.458. The van der Waals surface area contributed by atoms with E-state index in [1.165, 1.54) is 0 Å². The number of nitrogens with one attached hydrogen (secondary N) is 1. The molecule has 0 unspecified atom stereocenters. The number of nitrogens with zero attached hydrogens (tertiary/aromatic N) is 2. The summed E-state index contributed by atoms with van der Waals surface area (Å²) < 4.78 is 18.5. The summed E-state index contributed by atoms with van der Waals surface area (Å²) in [4.78, 5) is 17.0. The number of hydrogen-bond donors (Lipinski definition) is 2. The second-order valence-electron chi connectivity index (χ2n) is 8.94. The number of rotatable bonds is 10. The van der Waals surface area contributed by atoms with Crippen molar-refractivity contribution < 1.29 is 19.0 Å². The van der Waals surface area contributed by atoms with Crippen molar-refractivity contribution in [3.8, 4) is 17.2 Å². The first-order valence-electron chi connectivity index (χ1n) is 11.1. The molecule has 0 saturated carbocycles. The van der Waals surface area contributed by atoms with Crippen molar-refractivity contribution in [3.05, 3.63) is 35.4 Å². The van der Waals surface area contributed by atoms with Crippen LogP contribution in [0.4, 0.5) is 11.6 Å². The predicted octanol–water partition coefficient (Wildman–Crippen LogP) is 4.76. The van der Waals surface area contributed by atoms with Gasteiger partial charge in [0.25, 0.3) is 0 Å². The van der Waals surface area contributed by atoms with Crippen molar-refractivity contribution >= 4 is 28.6 Å². The molecule has 3 N–H and O–H groups in total. The molecule has 0 bridgehead atoms. The highest BCUT2D eigenvalue weighted by atomic mass is 16.5. The number of hydrogen-bond acceptors (Lipinski definition) is 6. The largest absolute Gasteiger partial charge is 0.493 e. The first kappa shape index (κ1) is 24.2. The molecule has 33 heavy (non-hydrogen) atoms. The molecular weight excluding hydrogens is 420 g/mol. The van der Waals surface area contributed by atoms with Crippen molar-refractivity contribution in [1.29, 1.82) is 0 Å². The van der Waals surface area contributed by atoms with Gasteiger partial charge in [0.2, 0.25) is 17.6 Å². The maximum atomic E-state index is 12.1. The van der Waals surface area contributed by atoms with Gasteiger partial charge in [-0.15, -0.1) is 0 Å². The molecule has 0 spiro atoms. The molecule has 0 aliphatic carbocycles. The van der Waals surface area contributed by atoms with Gasteiger partial charge >= 0.3 is 0 Å². The molecule has 178 valence electrons. The molecule has 0 saturated heterocycles. The van der Waals surface area contributed by atoms with Gasteiger partial charge in [0.15, 0.2) is 11.5 Å². The average Bonchev–Trinajstić information content (AvgIpc) is 3.09. The minimum absolute atomic E-state index is 0.355. The van der Waals surface area contributed by atoms with Crippen LogP contribution in [0.5, 0.6) is 17.2 Å². The smallest absolute Gasteiger partial charge is 0.248 e. The molecule has 8 nitrogen and oxygen atoms in total. The number of benzene rings is 2. The fourth-order valence-corrected chi connectivity index (χ4v) is 3.96. The Kier molecular flexibility index (Phi) is 7.36. The number of anilines is 2. The molecule has 1 heterocycles. The highest BCUT2D eigenvalue weighted by Crippen LogP contribution is 2.41. The molecule has 1 aromatic heterocycles. The summed E-state index contributed by atoms with van der Waals surface area (Å²) in [5.74, 6) is 2.58. The van der Waals surface area contributed by atoms with Gasteiger partial charge in [0, 0.05) is 29.9 Å². The second kappa shape index (κ2) is 10.0. The van der Waals surface area contributed by atoms with Crippen LogP contribution in [0.2, 0.25) is 0 Å². The number of aromatic nitrogens is 2. The fourth-order valence-electron chi connectivity index (χ4n) is 3.96. The minimum atomic E-state index is -0.446. The first-order chi connectivity index (χ1) is 15.7. The van der Waals surface area contributed by atoms with Crippen LogP contribution in [0.15, 0.2) is 24.3 Å². The van der Waals surface area contributed by atoms with Crippen molar-refractivity contribution in [3.63, 3.8) is 0 Å². The Morgan fingerprint density at radius 3 is 2.12 bits per heavy atom. The Morgan fingerprint density at radius 1 is 1.00 bits per heavy atom. The topological polar surface area (TPSA) is 101 Å². The van der Waals surface area contributed by atoms with Crippen LogP contribution in [-0.4, -0.2) is 36.8 Å². The summed E-state index contributed by atoms with van der Waals surface area (Å²) in [6.07, 6.45) is 0.792. The van der Waals surface area contributed by atoms with Gasteiger partial charge < -0.3 is 29.8 Å². The summed E-state index contributed by atoms with van der Waals surface area (Å²) >= 11 is 0. The van der Waals surface area contributed by atoms with Crippen LogP contribution in [0.1, 0.15) is 43.6 Å². The molecule has 1 amide bonds. The summed E-state index contributed by atoms with van der Waals surface area (Å²) in [6.45, 7) is 9.28. The van der Waals surface area contributed by atoms with Crippen LogP contribution in [-0.2, 0) is 13.0 Å². The normalized spacial score (nSPS) is 11.3. The Morgan fingerprint density at radius 2 is 1.64 bits per heavy atom. The zero-order valence-electron chi connectivity index (χ0n) is 20.5. The number of nitrogens with two attached hydrogens (primary N) is 1. The summed E-state index contributed by atoms with van der Waals surface area (Å²) in [7, 11) is 4.74. The van der Waals surface area contributed by atoms with E-state index in [4.69, 9.17) is 24.9 Å². The van der Waals surface area contributed by atoms with E-state index in [2.05, 4.69) is 37.6 Å². The van der Waals surface area contributed by atoms with Crippen LogP contribution < -0.4 is 25.3 Å². The van der Waals surface area contributed by atoms with Gasteiger partial charge in [0.1, 0.15) is 0 Å². The van der Waals surface area contributed by atoms with Crippen molar-refractivity contribution in [2.75, 3.05) is 26.6 Å². The van der Waals surface area contributed by atoms with E-state index in [-0.39, 0.29) is 0 Å². The average molecular weight is 455 g/mol. The van der Waals surface area contributed by atoms with Crippen LogP contribution in [0.3, 0.4) is 0 Å². The highest BCUT2D eigenvalue weighted by molar-refractivity contribution is 5.98. The lowest BCUT2D eigenvalue weighted by atomic mass is 9.99. The lowest BCUT2D eigenvalue weighted by Crippen LogP contribution is -2.13. The molecule has 3 aromatic rings. The Balaban J connectivity index is 2.21. The lowest BCUT2D eigenvalue weighted by molar-refractivity contribution is 0.1000. The molecule has 0 fully saturated rings. The predicted molar refractivity (Wildman–Crippen MR) is 131 cm³/mol. The fraction of sp³-hybridized carbons (Fsp3) is 0.440. The van der Waals surface area contributed by atoms with Crippen molar-refractivity contribution in [2.45, 2.75) is 40.7 Å². The maximum Gasteiger partial charge on any atom is 0.248 e. The summed E-state index contributed by atoms with van der Waals surface area (Å²) in [5.41, 5.74) is 9.63. The van der Waals surface area contributed by atoms with E-state index in [0.29, 0.717) is 47.1 Å². The maximum absolute atomic E-state index is 12.1. The zero-order valence-corrected chi connectivity index (χ0v) is 20.5. The number of carbonyl (C=O) groups excluding carboxylic acids is 1. The standard InChI is InChI=1S/C25H34N4O4/c1-14(2)8-16-9-17(24(26)30)10-19-22(16)28-25(29(19)13-15(3)4)27-18-11-20(31-5)23(33-7)21(12-18)32-6/h9-12,14-15H,8,13H2,1-7H3,(H2,26,30)(H,27,28). The van der Waals surface area contributed by atoms with Crippen LogP contribution in [0.25, 0.3) is 11.0 Å². The highest BCUT2D eigenvalue weighted by Gasteiger charge is 2.20. The van der Waals surface area contributed by atoms with Crippen molar-refractivity contribution in [2.24, 2.45) is 17.6 Å². The van der Waals surface area contributed by atoms with E-state index in [1.54, 1.807) is 21.3 Å². The molecule has 0 aliphatic heterocycles. The molecule has 3 rings (SSSR count). The van der Waals surface area contributed by atoms with Crippen LogP contribution >= 0.6 is 0 Å². The van der Waals surface area contributed by atoms with Gasteiger partial charge in [-0.05, 0) is 36.0 Å². The third kappa shape index (κ3) is 5.16. The number of imidazole rings is 1. The van der Waals surface area contributed by atoms with E-state index >= 15 is 0 Å². The number of methoxy groups -OCH3 is 3. The second-order valence-corrected chi connectivity index (χ2v) is 8.94. The van der Waals surface area contributed by atoms with Crippen molar-refractivity contribution in [1.82, 2.24) is 9.55 Å². The van der Waals surface area contributed by atoms with Gasteiger partial charge in [0.05, 0.1) is 32.4 Å². The number of carbonyl (C=O) groups is 1. The Bertz CT molecular complexity index is 1130. The molecule has 0 radical (unpaired) electrons. The van der Waals surface area contributed by atoms with Gasteiger partial charge in [-0.2, -0.15) is 0 Å². The van der Waals surface area contributed by atoms with E-state index < -0.39 is 5.91 Å². The van der Waals surface area contributed by atoms with E-state index in [9.17, 15) is 4.79 Å². The third-order valence-corrected chi connectivity index (χ3v) is 5.31. The lowest BCUT2D eigenvalue weighted by Gasteiger charge is -2.16. The van der Waals surface area contributed by atoms with E-state index in [1.807, 2.05) is 24.3 Å². The van der Waals surface area contributed by atoms with Crippen LogP contribution in [0, 0.1) is 11.8 Å². The molecule has 0 atom stereocenters. The van der Waals surface area contributed by atoms with Gasteiger partial charge in [-0.1, -0.05) is 27.7 Å². The monoisotopic (exact) mass is 454 g/mol. The molecule has 0 aliphatic rings.